The SMILES string of the molecule is CC1=C(O)O[C@H](C)O1. The maximum absolute atomic E-state index is 8.70. The lowest BCUT2D eigenvalue weighted by Gasteiger charge is -2.00. The average molecular weight is 116 g/mol. The van der Waals surface area contributed by atoms with Crippen LogP contribution in [-0.4, -0.2) is 11.4 Å². The van der Waals surface area contributed by atoms with Gasteiger partial charge in [0.05, 0.1) is 0 Å². The van der Waals surface area contributed by atoms with Gasteiger partial charge in [0.15, 0.2) is 5.76 Å². The number of aliphatic hydroxyl groups excluding tert-OH is 1. The lowest BCUT2D eigenvalue weighted by molar-refractivity contribution is -0.0472. The van der Waals surface area contributed by atoms with E-state index in [1.165, 1.54) is 0 Å². The summed E-state index contributed by atoms with van der Waals surface area (Å²) in [5, 5.41) is 8.70. The minimum Gasteiger partial charge on any atom is -0.478 e. The lowest BCUT2D eigenvalue weighted by atomic mass is 10.6. The second-order valence-corrected chi connectivity index (χ2v) is 1.66. The Bertz CT molecular complexity index is 114. The third kappa shape index (κ3) is 0.710. The van der Waals surface area contributed by atoms with E-state index in [2.05, 4.69) is 4.74 Å². The van der Waals surface area contributed by atoms with Crippen LogP contribution in [0.25, 0.3) is 0 Å². The molecule has 0 saturated carbocycles. The summed E-state index contributed by atoms with van der Waals surface area (Å²) >= 11 is 0. The summed E-state index contributed by atoms with van der Waals surface area (Å²) in [6, 6.07) is 0. The maximum Gasteiger partial charge on any atom is 0.319 e. The normalized spacial score (nSPS) is 27.5. The van der Waals surface area contributed by atoms with Crippen molar-refractivity contribution < 1.29 is 14.6 Å². The Hall–Kier alpha value is -0.860. The van der Waals surface area contributed by atoms with Crippen molar-refractivity contribution in [3.8, 4) is 0 Å². The van der Waals surface area contributed by atoms with E-state index >= 15 is 0 Å². The fraction of sp³-hybridized carbons (Fsp3) is 0.600. The standard InChI is InChI=1S/C5H8O3/c1-3-5(6)8-4(2)7-3/h4,6H,1-2H3/t4-/m1/s1. The van der Waals surface area contributed by atoms with Crippen LogP contribution in [0.1, 0.15) is 13.8 Å². The van der Waals surface area contributed by atoms with E-state index in [4.69, 9.17) is 9.84 Å². The Morgan fingerprint density at radius 3 is 2.25 bits per heavy atom. The van der Waals surface area contributed by atoms with Crippen LogP contribution in [0.2, 0.25) is 0 Å². The Kier molecular flexibility index (Phi) is 1.04. The third-order valence-corrected chi connectivity index (χ3v) is 0.922. The van der Waals surface area contributed by atoms with Crippen LogP contribution in [0, 0.1) is 0 Å². The van der Waals surface area contributed by atoms with Crippen molar-refractivity contribution >= 4 is 0 Å². The molecule has 0 aliphatic carbocycles. The first-order valence-corrected chi connectivity index (χ1v) is 2.43. The molecule has 46 valence electrons. The van der Waals surface area contributed by atoms with Crippen LogP contribution in [-0.2, 0) is 9.47 Å². The number of hydrogen-bond acceptors (Lipinski definition) is 3. The molecule has 0 aromatic rings. The van der Waals surface area contributed by atoms with Gasteiger partial charge in [-0.25, -0.2) is 0 Å². The molecule has 1 aliphatic rings. The van der Waals surface area contributed by atoms with Crippen molar-refractivity contribution in [1.29, 1.82) is 0 Å². The van der Waals surface area contributed by atoms with Crippen molar-refractivity contribution in [2.45, 2.75) is 20.1 Å². The molecule has 0 saturated heterocycles. The molecule has 1 N–H and O–H groups in total. The number of ether oxygens (including phenoxy) is 2. The fourth-order valence-corrected chi connectivity index (χ4v) is 0.564. The van der Waals surface area contributed by atoms with Gasteiger partial charge in [0.2, 0.25) is 6.29 Å². The average Bonchev–Trinajstić information content (AvgIpc) is 1.85. The van der Waals surface area contributed by atoms with Gasteiger partial charge in [-0.15, -0.1) is 0 Å². The molecular weight excluding hydrogens is 108 g/mol. The number of allylic oxidation sites excluding steroid dienone is 1. The highest BCUT2D eigenvalue weighted by Crippen LogP contribution is 2.17. The largest absolute Gasteiger partial charge is 0.478 e. The Morgan fingerprint density at radius 2 is 2.12 bits per heavy atom. The highest BCUT2D eigenvalue weighted by Gasteiger charge is 2.18. The quantitative estimate of drug-likeness (QED) is 0.515. The van der Waals surface area contributed by atoms with E-state index in [0.717, 1.165) is 0 Å². The second kappa shape index (κ2) is 1.58. The van der Waals surface area contributed by atoms with Gasteiger partial charge in [0, 0.05) is 13.8 Å². The highest BCUT2D eigenvalue weighted by molar-refractivity contribution is 4.92. The third-order valence-electron chi connectivity index (χ3n) is 0.922. The van der Waals surface area contributed by atoms with Gasteiger partial charge < -0.3 is 14.6 Å². The van der Waals surface area contributed by atoms with E-state index < -0.39 is 0 Å². The van der Waals surface area contributed by atoms with Crippen LogP contribution < -0.4 is 0 Å². The molecule has 0 radical (unpaired) electrons. The predicted molar refractivity (Wildman–Crippen MR) is 27.0 cm³/mol. The molecule has 1 heterocycles. The monoisotopic (exact) mass is 116 g/mol. The first-order chi connectivity index (χ1) is 3.70. The Morgan fingerprint density at radius 1 is 1.50 bits per heavy atom. The van der Waals surface area contributed by atoms with Crippen LogP contribution in [0.3, 0.4) is 0 Å². The summed E-state index contributed by atoms with van der Waals surface area (Å²) in [5.41, 5.74) is 0. The number of aliphatic hydroxyl groups is 1. The molecule has 3 heteroatoms. The van der Waals surface area contributed by atoms with Crippen LogP contribution in [0.4, 0.5) is 0 Å². The Balaban J connectivity index is 2.60. The summed E-state index contributed by atoms with van der Waals surface area (Å²) in [6.45, 7) is 3.37. The molecule has 8 heavy (non-hydrogen) atoms. The Labute approximate surface area is 47.5 Å². The van der Waals surface area contributed by atoms with E-state index in [1.807, 2.05) is 0 Å². The van der Waals surface area contributed by atoms with Gasteiger partial charge in [-0.2, -0.15) is 0 Å². The van der Waals surface area contributed by atoms with Gasteiger partial charge in [-0.05, 0) is 0 Å². The fourth-order valence-electron chi connectivity index (χ4n) is 0.564. The minimum atomic E-state index is -0.324. The number of hydrogen-bond donors (Lipinski definition) is 1. The van der Waals surface area contributed by atoms with Gasteiger partial charge in [-0.3, -0.25) is 0 Å². The van der Waals surface area contributed by atoms with E-state index in [-0.39, 0.29) is 12.2 Å². The van der Waals surface area contributed by atoms with Crippen molar-refractivity contribution in [3.05, 3.63) is 11.7 Å². The molecule has 1 rings (SSSR count). The minimum absolute atomic E-state index is 0.0995. The smallest absolute Gasteiger partial charge is 0.319 e. The van der Waals surface area contributed by atoms with Crippen molar-refractivity contribution in [2.75, 3.05) is 0 Å². The highest BCUT2D eigenvalue weighted by atomic mass is 16.8. The lowest BCUT2D eigenvalue weighted by Crippen LogP contribution is -2.00. The van der Waals surface area contributed by atoms with Gasteiger partial charge in [0.1, 0.15) is 0 Å². The van der Waals surface area contributed by atoms with E-state index in [0.29, 0.717) is 5.76 Å². The van der Waals surface area contributed by atoms with Gasteiger partial charge in [-0.1, -0.05) is 0 Å². The molecule has 0 fully saturated rings. The van der Waals surface area contributed by atoms with Crippen LogP contribution in [0.5, 0.6) is 0 Å². The number of rotatable bonds is 0. The van der Waals surface area contributed by atoms with E-state index in [9.17, 15) is 0 Å². The molecule has 0 aromatic carbocycles. The van der Waals surface area contributed by atoms with Gasteiger partial charge in [0.25, 0.3) is 0 Å². The summed E-state index contributed by atoms with van der Waals surface area (Å²) < 4.78 is 9.57. The molecule has 0 spiro atoms. The summed E-state index contributed by atoms with van der Waals surface area (Å²) in [5.74, 6) is 0.356. The topological polar surface area (TPSA) is 38.7 Å². The van der Waals surface area contributed by atoms with Crippen LogP contribution >= 0.6 is 0 Å². The predicted octanol–water partition coefficient (Wildman–Crippen LogP) is 1.13. The summed E-state index contributed by atoms with van der Waals surface area (Å²) in [7, 11) is 0. The molecule has 1 atom stereocenters. The first kappa shape index (κ1) is 5.28. The maximum atomic E-state index is 8.70. The van der Waals surface area contributed by atoms with Gasteiger partial charge >= 0.3 is 5.95 Å². The van der Waals surface area contributed by atoms with E-state index in [1.54, 1.807) is 13.8 Å². The zero-order valence-corrected chi connectivity index (χ0v) is 4.84. The van der Waals surface area contributed by atoms with Crippen molar-refractivity contribution in [1.82, 2.24) is 0 Å². The van der Waals surface area contributed by atoms with Crippen molar-refractivity contribution in [2.24, 2.45) is 0 Å². The molecule has 1 aliphatic heterocycles. The molecule has 0 bridgehead atoms. The molecule has 0 unspecified atom stereocenters. The molecular formula is C5H8O3. The molecule has 3 nitrogen and oxygen atoms in total. The van der Waals surface area contributed by atoms with Crippen LogP contribution in [0.15, 0.2) is 11.7 Å². The summed E-state index contributed by atoms with van der Waals surface area (Å²) in [4.78, 5) is 0. The molecule has 0 aromatic heterocycles. The summed E-state index contributed by atoms with van der Waals surface area (Å²) in [6.07, 6.45) is -0.324. The van der Waals surface area contributed by atoms with Crippen molar-refractivity contribution in [3.63, 3.8) is 0 Å². The zero-order valence-electron chi connectivity index (χ0n) is 4.84. The second-order valence-electron chi connectivity index (χ2n) is 1.66. The first-order valence-electron chi connectivity index (χ1n) is 2.43. The zero-order chi connectivity index (χ0) is 6.15. The molecule has 0 amide bonds.